The van der Waals surface area contributed by atoms with Crippen LogP contribution in [0.2, 0.25) is 0 Å². The number of phenolic OH excluding ortho intramolecular Hbond substituents is 1. The second-order valence-corrected chi connectivity index (χ2v) is 8.57. The van der Waals surface area contributed by atoms with Gasteiger partial charge in [0, 0.05) is 23.1 Å². The number of H-pyrrole nitrogens is 1. The summed E-state index contributed by atoms with van der Waals surface area (Å²) in [5.41, 5.74) is 4.38. The summed E-state index contributed by atoms with van der Waals surface area (Å²) >= 11 is 0. The van der Waals surface area contributed by atoms with Gasteiger partial charge in [-0.3, -0.25) is 4.79 Å². The van der Waals surface area contributed by atoms with Gasteiger partial charge in [-0.05, 0) is 41.7 Å². The first-order valence-electron chi connectivity index (χ1n) is 10.2. The molecule has 2 N–H and O–H groups in total. The van der Waals surface area contributed by atoms with E-state index in [0.717, 1.165) is 22.2 Å². The Morgan fingerprint density at radius 2 is 1.77 bits per heavy atom. The van der Waals surface area contributed by atoms with E-state index in [2.05, 4.69) is 36.2 Å². The monoisotopic (exact) mass is 415 g/mol. The summed E-state index contributed by atoms with van der Waals surface area (Å²) < 4.78 is 5.41. The minimum Gasteiger partial charge on any atom is -0.507 e. The maximum atomic E-state index is 12.3. The number of aromatic amines is 1. The number of esters is 1. The number of hydrogen-bond donors (Lipinski definition) is 2. The molecular weight excluding hydrogens is 390 g/mol. The van der Waals surface area contributed by atoms with Gasteiger partial charge in [0.1, 0.15) is 22.5 Å². The normalized spacial score (nSPS) is 11.6. The van der Waals surface area contributed by atoms with Gasteiger partial charge < -0.3 is 9.84 Å². The number of benzene rings is 3. The van der Waals surface area contributed by atoms with E-state index in [4.69, 9.17) is 4.74 Å². The predicted octanol–water partition coefficient (Wildman–Crippen LogP) is 5.17. The molecule has 0 amide bonds. The summed E-state index contributed by atoms with van der Waals surface area (Å²) in [4.78, 5) is 12.3. The number of carbonyl (C=O) groups excluding carboxylic acids is 1. The average molecular weight is 415 g/mol. The lowest BCUT2D eigenvalue weighted by Crippen LogP contribution is -2.13. The van der Waals surface area contributed by atoms with E-state index in [1.54, 1.807) is 12.1 Å². The number of hydrogen-bond acceptors (Lipinski definition) is 5. The number of fused-ring (bicyclic) bond motifs is 1. The van der Waals surface area contributed by atoms with Crippen LogP contribution in [-0.2, 0) is 16.6 Å². The fourth-order valence-corrected chi connectivity index (χ4v) is 3.62. The molecule has 1 aromatic heterocycles. The number of aromatic nitrogens is 3. The lowest BCUT2D eigenvalue weighted by molar-refractivity contribution is -0.134. The van der Waals surface area contributed by atoms with Crippen molar-refractivity contribution in [3.05, 3.63) is 71.8 Å². The summed E-state index contributed by atoms with van der Waals surface area (Å²) in [6.07, 6.45) is 0.730. The van der Waals surface area contributed by atoms with Gasteiger partial charge >= 0.3 is 5.97 Å². The van der Waals surface area contributed by atoms with Crippen molar-refractivity contribution in [2.24, 2.45) is 0 Å². The molecule has 0 radical (unpaired) electrons. The molecule has 0 bridgehead atoms. The Balaban J connectivity index is 1.68. The highest BCUT2D eigenvalue weighted by Gasteiger charge is 2.23. The second kappa shape index (κ2) is 8.22. The van der Waals surface area contributed by atoms with E-state index in [0.29, 0.717) is 23.3 Å². The van der Waals surface area contributed by atoms with Crippen LogP contribution in [0.25, 0.3) is 22.2 Å². The van der Waals surface area contributed by atoms with Crippen LogP contribution < -0.4 is 4.74 Å². The van der Waals surface area contributed by atoms with Gasteiger partial charge in [0.05, 0.1) is 0 Å². The van der Waals surface area contributed by atoms with E-state index in [1.165, 1.54) is 0 Å². The van der Waals surface area contributed by atoms with Crippen LogP contribution in [0, 0.1) is 0 Å². The van der Waals surface area contributed by atoms with Crippen molar-refractivity contribution in [3.63, 3.8) is 0 Å². The number of rotatable bonds is 5. The third kappa shape index (κ3) is 4.43. The van der Waals surface area contributed by atoms with Crippen molar-refractivity contribution in [2.45, 2.75) is 39.0 Å². The van der Waals surface area contributed by atoms with Crippen molar-refractivity contribution in [2.75, 3.05) is 0 Å². The summed E-state index contributed by atoms with van der Waals surface area (Å²) in [5, 5.41) is 22.2. The van der Waals surface area contributed by atoms with Crippen molar-refractivity contribution >= 4 is 17.0 Å². The highest BCUT2D eigenvalue weighted by Crippen LogP contribution is 2.41. The van der Waals surface area contributed by atoms with E-state index in [-0.39, 0.29) is 23.6 Å². The number of nitrogens with zero attached hydrogens (tertiary/aromatic N) is 2. The maximum Gasteiger partial charge on any atom is 0.311 e. The minimum absolute atomic E-state index is 0.221. The molecule has 0 aliphatic heterocycles. The molecule has 0 aliphatic carbocycles. The molecule has 0 aliphatic rings. The first kappa shape index (κ1) is 20.6. The number of ether oxygens (including phenoxy) is 1. The molecule has 0 atom stereocenters. The molecule has 4 rings (SSSR count). The fourth-order valence-electron chi connectivity index (χ4n) is 3.62. The first-order chi connectivity index (χ1) is 14.8. The smallest absolute Gasteiger partial charge is 0.311 e. The largest absolute Gasteiger partial charge is 0.507 e. The van der Waals surface area contributed by atoms with Crippen molar-refractivity contribution in [3.8, 4) is 22.6 Å². The molecule has 6 nitrogen and oxygen atoms in total. The van der Waals surface area contributed by atoms with Crippen LogP contribution >= 0.6 is 0 Å². The third-order valence-corrected chi connectivity index (χ3v) is 5.21. The zero-order valence-corrected chi connectivity index (χ0v) is 17.8. The van der Waals surface area contributed by atoms with Crippen LogP contribution in [-0.4, -0.2) is 26.5 Å². The number of carbonyl (C=O) groups is 1. The topological polar surface area (TPSA) is 88.1 Å². The molecule has 0 unspecified atom stereocenters. The highest BCUT2D eigenvalue weighted by atomic mass is 16.5. The van der Waals surface area contributed by atoms with E-state index >= 15 is 0 Å². The number of aromatic hydroxyl groups is 1. The van der Waals surface area contributed by atoms with Crippen LogP contribution in [0.4, 0.5) is 0 Å². The molecule has 3 aromatic carbocycles. The lowest BCUT2D eigenvalue weighted by atomic mass is 9.82. The van der Waals surface area contributed by atoms with Gasteiger partial charge in [0.2, 0.25) is 0 Å². The number of nitrogens with one attached hydrogen (secondary N) is 1. The molecule has 0 spiro atoms. The second-order valence-electron chi connectivity index (χ2n) is 8.57. The van der Waals surface area contributed by atoms with Gasteiger partial charge in [0.25, 0.3) is 0 Å². The van der Waals surface area contributed by atoms with Crippen LogP contribution in [0.1, 0.15) is 38.3 Å². The van der Waals surface area contributed by atoms with E-state index in [1.807, 2.05) is 48.5 Å². The van der Waals surface area contributed by atoms with Crippen molar-refractivity contribution in [1.82, 2.24) is 15.4 Å². The fraction of sp³-hybridized carbons (Fsp3) is 0.240. The van der Waals surface area contributed by atoms with E-state index in [9.17, 15) is 9.90 Å². The lowest BCUT2D eigenvalue weighted by Gasteiger charge is -2.23. The zero-order chi connectivity index (χ0) is 22.0. The van der Waals surface area contributed by atoms with Crippen molar-refractivity contribution < 1.29 is 14.6 Å². The SMILES string of the molecule is CC(C)(C)c1cc(CCC(=O)Oc2ccccc2)cc(-c2cccc3n[nH]nc23)c1O. The van der Waals surface area contributed by atoms with Gasteiger partial charge in [-0.1, -0.05) is 57.2 Å². The Morgan fingerprint density at radius 1 is 1.00 bits per heavy atom. The molecule has 4 aromatic rings. The third-order valence-electron chi connectivity index (χ3n) is 5.21. The van der Waals surface area contributed by atoms with Crippen LogP contribution in [0.5, 0.6) is 11.5 Å². The summed E-state index contributed by atoms with van der Waals surface area (Å²) in [7, 11) is 0. The summed E-state index contributed by atoms with van der Waals surface area (Å²) in [5.74, 6) is 0.460. The molecule has 0 saturated carbocycles. The highest BCUT2D eigenvalue weighted by molar-refractivity contribution is 5.93. The van der Waals surface area contributed by atoms with Crippen LogP contribution in [0.15, 0.2) is 60.7 Å². The average Bonchev–Trinajstić information content (AvgIpc) is 3.22. The summed E-state index contributed by atoms with van der Waals surface area (Å²) in [6.45, 7) is 6.15. The van der Waals surface area contributed by atoms with Crippen molar-refractivity contribution in [1.29, 1.82) is 0 Å². The summed E-state index contributed by atoms with van der Waals surface area (Å²) in [6, 6.07) is 18.6. The molecular formula is C25H25N3O3. The van der Waals surface area contributed by atoms with Gasteiger partial charge in [-0.25, -0.2) is 0 Å². The minimum atomic E-state index is -0.295. The maximum absolute atomic E-state index is 12.3. The molecule has 158 valence electrons. The molecule has 6 heteroatoms. The standard InChI is InChI=1S/C25H25N3O3/c1-25(2,3)20-15-16(12-13-22(29)31-17-8-5-4-6-9-17)14-19(24(20)30)18-10-7-11-21-23(18)27-28-26-21/h4-11,14-15,30H,12-13H2,1-3H3,(H,26,27,28). The van der Waals surface area contributed by atoms with Gasteiger partial charge in [0.15, 0.2) is 0 Å². The first-order valence-corrected chi connectivity index (χ1v) is 10.2. The van der Waals surface area contributed by atoms with Gasteiger partial charge in [-0.15, -0.1) is 0 Å². The number of para-hydroxylation sites is 2. The molecule has 0 fully saturated rings. The Kier molecular flexibility index (Phi) is 5.46. The zero-order valence-electron chi connectivity index (χ0n) is 17.8. The number of aryl methyl sites for hydroxylation is 1. The Bertz CT molecular complexity index is 1220. The Hall–Kier alpha value is -3.67. The Morgan fingerprint density at radius 3 is 2.52 bits per heavy atom. The van der Waals surface area contributed by atoms with E-state index < -0.39 is 0 Å². The van der Waals surface area contributed by atoms with Gasteiger partial charge in [-0.2, -0.15) is 15.4 Å². The quantitative estimate of drug-likeness (QED) is 0.347. The molecule has 0 saturated heterocycles. The molecule has 1 heterocycles. The predicted molar refractivity (Wildman–Crippen MR) is 120 cm³/mol. The number of phenols is 1. The van der Waals surface area contributed by atoms with Crippen LogP contribution in [0.3, 0.4) is 0 Å². The Labute approximate surface area is 180 Å². The molecule has 31 heavy (non-hydrogen) atoms.